The molecule has 7 nitrogen and oxygen atoms in total. The molecule has 0 saturated carbocycles. The molecule has 0 radical (unpaired) electrons. The standard InChI is InChI=1S/C23H29N3O4/c1-5-30-19-12-8-17(9-13-19)22(29)26-25-20(27)14-15-24-21(28)16-6-10-18(11-7-16)23(2,3)4/h6-13H,5,14-15H2,1-4H3,(H,24,28)(H,25,27)(H,26,29). The minimum Gasteiger partial charge on any atom is -0.494 e. The number of ether oxygens (including phenoxy) is 1. The van der Waals surface area contributed by atoms with Crippen LogP contribution in [0.25, 0.3) is 0 Å². The molecule has 0 fully saturated rings. The number of benzene rings is 2. The van der Waals surface area contributed by atoms with Crippen LogP contribution in [-0.2, 0) is 10.2 Å². The van der Waals surface area contributed by atoms with Crippen LogP contribution in [0.3, 0.4) is 0 Å². The minimum atomic E-state index is -0.436. The van der Waals surface area contributed by atoms with Crippen LogP contribution in [0.5, 0.6) is 5.75 Å². The number of hydrogen-bond acceptors (Lipinski definition) is 4. The summed E-state index contributed by atoms with van der Waals surface area (Å²) in [6, 6.07) is 14.0. The largest absolute Gasteiger partial charge is 0.494 e. The molecule has 0 unspecified atom stereocenters. The van der Waals surface area contributed by atoms with Gasteiger partial charge in [0.2, 0.25) is 5.91 Å². The van der Waals surface area contributed by atoms with Crippen LogP contribution in [0.2, 0.25) is 0 Å². The molecule has 2 aromatic carbocycles. The second-order valence-corrected chi connectivity index (χ2v) is 7.79. The first-order valence-electron chi connectivity index (χ1n) is 9.91. The Morgan fingerprint density at radius 3 is 1.97 bits per heavy atom. The minimum absolute atomic E-state index is 0.0167. The molecular weight excluding hydrogens is 382 g/mol. The van der Waals surface area contributed by atoms with E-state index in [1.54, 1.807) is 36.4 Å². The number of nitrogens with one attached hydrogen (secondary N) is 3. The molecule has 7 heteroatoms. The summed E-state index contributed by atoms with van der Waals surface area (Å²) in [6.45, 7) is 8.90. The average molecular weight is 412 g/mol. The molecule has 160 valence electrons. The molecule has 2 rings (SSSR count). The number of hydrogen-bond donors (Lipinski definition) is 3. The van der Waals surface area contributed by atoms with E-state index in [9.17, 15) is 14.4 Å². The summed E-state index contributed by atoms with van der Waals surface area (Å²) < 4.78 is 5.32. The van der Waals surface area contributed by atoms with Crippen molar-refractivity contribution in [1.82, 2.24) is 16.2 Å². The molecule has 2 aromatic rings. The first kappa shape index (κ1) is 22.9. The van der Waals surface area contributed by atoms with Crippen LogP contribution in [-0.4, -0.2) is 30.9 Å². The van der Waals surface area contributed by atoms with E-state index in [0.29, 0.717) is 23.5 Å². The normalized spacial score (nSPS) is 10.8. The Kier molecular flexibility index (Phi) is 7.98. The predicted octanol–water partition coefficient (Wildman–Crippen LogP) is 2.96. The topological polar surface area (TPSA) is 96.5 Å². The van der Waals surface area contributed by atoms with E-state index in [1.165, 1.54) is 0 Å². The molecule has 3 N–H and O–H groups in total. The highest BCUT2D eigenvalue weighted by atomic mass is 16.5. The van der Waals surface area contributed by atoms with Crippen molar-refractivity contribution in [3.8, 4) is 5.75 Å². The number of hydrazine groups is 1. The lowest BCUT2D eigenvalue weighted by atomic mass is 9.87. The summed E-state index contributed by atoms with van der Waals surface area (Å²) in [5.41, 5.74) is 6.77. The zero-order valence-corrected chi connectivity index (χ0v) is 17.9. The lowest BCUT2D eigenvalue weighted by Crippen LogP contribution is -2.42. The third-order valence-corrected chi connectivity index (χ3v) is 4.39. The van der Waals surface area contributed by atoms with E-state index < -0.39 is 11.8 Å². The van der Waals surface area contributed by atoms with Crippen molar-refractivity contribution >= 4 is 17.7 Å². The zero-order valence-electron chi connectivity index (χ0n) is 17.9. The highest BCUT2D eigenvalue weighted by Crippen LogP contribution is 2.22. The Hall–Kier alpha value is -3.35. The predicted molar refractivity (Wildman–Crippen MR) is 115 cm³/mol. The van der Waals surface area contributed by atoms with Gasteiger partial charge in [0.25, 0.3) is 11.8 Å². The number of amides is 3. The molecule has 30 heavy (non-hydrogen) atoms. The third kappa shape index (κ3) is 6.92. The molecule has 0 spiro atoms. The Labute approximate surface area is 177 Å². The second-order valence-electron chi connectivity index (χ2n) is 7.79. The van der Waals surface area contributed by atoms with Gasteiger partial charge in [-0.15, -0.1) is 0 Å². The molecule has 0 aliphatic carbocycles. The van der Waals surface area contributed by atoms with Crippen LogP contribution in [0.1, 0.15) is 60.4 Å². The number of carbonyl (C=O) groups excluding carboxylic acids is 3. The van der Waals surface area contributed by atoms with Crippen LogP contribution < -0.4 is 20.9 Å². The van der Waals surface area contributed by atoms with Gasteiger partial charge in [-0.2, -0.15) is 0 Å². The molecule has 0 aromatic heterocycles. The fraction of sp³-hybridized carbons (Fsp3) is 0.348. The van der Waals surface area contributed by atoms with Crippen LogP contribution in [0, 0.1) is 0 Å². The molecule has 0 aliphatic heterocycles. The molecule has 0 saturated heterocycles. The van der Waals surface area contributed by atoms with Gasteiger partial charge in [-0.05, 0) is 54.3 Å². The Bertz CT molecular complexity index is 869. The van der Waals surface area contributed by atoms with E-state index in [0.717, 1.165) is 5.56 Å². The maximum atomic E-state index is 12.2. The van der Waals surface area contributed by atoms with Crippen molar-refractivity contribution in [2.24, 2.45) is 0 Å². The maximum absolute atomic E-state index is 12.2. The van der Waals surface area contributed by atoms with Crippen LogP contribution in [0.15, 0.2) is 48.5 Å². The van der Waals surface area contributed by atoms with Gasteiger partial charge in [-0.25, -0.2) is 0 Å². The summed E-state index contributed by atoms with van der Waals surface area (Å²) in [4.78, 5) is 36.1. The van der Waals surface area contributed by atoms with Gasteiger partial charge in [-0.1, -0.05) is 32.9 Å². The van der Waals surface area contributed by atoms with Crippen molar-refractivity contribution in [2.75, 3.05) is 13.2 Å². The first-order valence-corrected chi connectivity index (χ1v) is 9.91. The van der Waals surface area contributed by atoms with Crippen molar-refractivity contribution in [3.63, 3.8) is 0 Å². The van der Waals surface area contributed by atoms with E-state index in [4.69, 9.17) is 4.74 Å². The first-order chi connectivity index (χ1) is 14.2. The van der Waals surface area contributed by atoms with Gasteiger partial charge in [-0.3, -0.25) is 25.2 Å². The smallest absolute Gasteiger partial charge is 0.269 e. The average Bonchev–Trinajstić information content (AvgIpc) is 2.72. The summed E-state index contributed by atoms with van der Waals surface area (Å²) >= 11 is 0. The van der Waals surface area contributed by atoms with Gasteiger partial charge in [0.15, 0.2) is 0 Å². The maximum Gasteiger partial charge on any atom is 0.269 e. The van der Waals surface area contributed by atoms with Crippen molar-refractivity contribution in [2.45, 2.75) is 39.5 Å². The Morgan fingerprint density at radius 2 is 1.40 bits per heavy atom. The monoisotopic (exact) mass is 411 g/mol. The summed E-state index contributed by atoms with van der Waals surface area (Å²) in [5, 5.41) is 2.70. The summed E-state index contributed by atoms with van der Waals surface area (Å²) in [7, 11) is 0. The van der Waals surface area contributed by atoms with Gasteiger partial charge in [0.1, 0.15) is 5.75 Å². The number of rotatable bonds is 7. The molecule has 0 bridgehead atoms. The van der Waals surface area contributed by atoms with E-state index >= 15 is 0 Å². The Morgan fingerprint density at radius 1 is 0.833 bits per heavy atom. The third-order valence-electron chi connectivity index (χ3n) is 4.39. The van der Waals surface area contributed by atoms with Crippen molar-refractivity contribution in [1.29, 1.82) is 0 Å². The molecule has 0 aliphatic rings. The molecule has 3 amide bonds. The van der Waals surface area contributed by atoms with Crippen molar-refractivity contribution in [3.05, 3.63) is 65.2 Å². The fourth-order valence-electron chi connectivity index (χ4n) is 2.64. The fourth-order valence-corrected chi connectivity index (χ4v) is 2.64. The lowest BCUT2D eigenvalue weighted by Gasteiger charge is -2.19. The van der Waals surface area contributed by atoms with Gasteiger partial charge >= 0.3 is 0 Å². The van der Waals surface area contributed by atoms with E-state index in [1.807, 2.05) is 19.1 Å². The molecule has 0 atom stereocenters. The summed E-state index contributed by atoms with van der Waals surface area (Å²) in [5.74, 6) is -0.421. The van der Waals surface area contributed by atoms with Crippen molar-refractivity contribution < 1.29 is 19.1 Å². The second kappa shape index (κ2) is 10.4. The van der Waals surface area contributed by atoms with Gasteiger partial charge < -0.3 is 10.1 Å². The molecular formula is C23H29N3O4. The van der Waals surface area contributed by atoms with Crippen LogP contribution in [0.4, 0.5) is 0 Å². The summed E-state index contributed by atoms with van der Waals surface area (Å²) in [6.07, 6.45) is 0.0371. The SMILES string of the molecule is CCOc1ccc(C(=O)NNC(=O)CCNC(=O)c2ccc(C(C)(C)C)cc2)cc1. The van der Waals surface area contributed by atoms with E-state index in [-0.39, 0.29) is 24.3 Å². The zero-order chi connectivity index (χ0) is 22.1. The van der Waals surface area contributed by atoms with Crippen LogP contribution >= 0.6 is 0 Å². The highest BCUT2D eigenvalue weighted by Gasteiger charge is 2.14. The number of carbonyl (C=O) groups is 3. The Balaban J connectivity index is 1.72. The van der Waals surface area contributed by atoms with E-state index in [2.05, 4.69) is 36.9 Å². The van der Waals surface area contributed by atoms with Gasteiger partial charge in [0.05, 0.1) is 6.61 Å². The quantitative estimate of drug-likeness (QED) is 0.610. The lowest BCUT2D eigenvalue weighted by molar-refractivity contribution is -0.121. The molecule has 0 heterocycles. The van der Waals surface area contributed by atoms with Gasteiger partial charge in [0, 0.05) is 24.1 Å². The highest BCUT2D eigenvalue weighted by molar-refractivity contribution is 5.96.